The Bertz CT molecular complexity index is 804. The van der Waals surface area contributed by atoms with Gasteiger partial charge in [0.1, 0.15) is 6.54 Å². The van der Waals surface area contributed by atoms with Crippen LogP contribution in [-0.2, 0) is 16.1 Å². The van der Waals surface area contributed by atoms with E-state index < -0.39 is 0 Å². The Hall–Kier alpha value is -2.37. The lowest BCUT2D eigenvalue weighted by Gasteiger charge is -2.33. The van der Waals surface area contributed by atoms with Crippen molar-refractivity contribution in [3.8, 4) is 0 Å². The minimum Gasteiger partial charge on any atom is -0.349 e. The largest absolute Gasteiger partial charge is 0.349 e. The molecular formula is C22H27ClN3O2+. The van der Waals surface area contributed by atoms with E-state index in [-0.39, 0.29) is 24.3 Å². The van der Waals surface area contributed by atoms with Crippen molar-refractivity contribution < 1.29 is 14.5 Å². The fraction of sp³-hybridized carbons (Fsp3) is 0.364. The third-order valence-electron chi connectivity index (χ3n) is 5.12. The lowest BCUT2D eigenvalue weighted by Crippen LogP contribution is -3.13. The number of benzene rings is 2. The molecule has 1 atom stereocenters. The number of piperazine rings is 1. The number of rotatable bonds is 6. The zero-order valence-corrected chi connectivity index (χ0v) is 16.9. The second-order valence-corrected chi connectivity index (χ2v) is 7.74. The summed E-state index contributed by atoms with van der Waals surface area (Å²) in [7, 11) is 0. The number of halogens is 1. The van der Waals surface area contributed by atoms with Gasteiger partial charge in [-0.1, -0.05) is 54.1 Å². The van der Waals surface area contributed by atoms with E-state index in [1.54, 1.807) is 0 Å². The zero-order valence-electron chi connectivity index (χ0n) is 16.2. The van der Waals surface area contributed by atoms with E-state index >= 15 is 0 Å². The first kappa shape index (κ1) is 20.4. The average Bonchev–Trinajstić information content (AvgIpc) is 2.68. The van der Waals surface area contributed by atoms with Crippen LogP contribution in [0.4, 0.5) is 0 Å². The minimum atomic E-state index is -0.289. The van der Waals surface area contributed by atoms with E-state index in [0.29, 0.717) is 0 Å². The Balaban J connectivity index is 1.54. The number of nitrogens with one attached hydrogen (secondary N) is 2. The number of amides is 2. The molecule has 2 aromatic rings. The predicted molar refractivity (Wildman–Crippen MR) is 110 cm³/mol. The monoisotopic (exact) mass is 400 g/mol. The van der Waals surface area contributed by atoms with Gasteiger partial charge in [-0.3, -0.25) is 9.59 Å². The molecule has 5 nitrogen and oxygen atoms in total. The molecule has 28 heavy (non-hydrogen) atoms. The van der Waals surface area contributed by atoms with Crippen LogP contribution in [0.3, 0.4) is 0 Å². The third-order valence-corrected chi connectivity index (χ3v) is 5.36. The van der Waals surface area contributed by atoms with Crippen molar-refractivity contribution in [3.05, 3.63) is 70.7 Å². The molecule has 1 saturated heterocycles. The molecule has 0 spiro atoms. The van der Waals surface area contributed by atoms with Gasteiger partial charge in [0.15, 0.2) is 0 Å². The van der Waals surface area contributed by atoms with Crippen molar-refractivity contribution in [1.29, 1.82) is 0 Å². The van der Waals surface area contributed by atoms with Gasteiger partial charge < -0.3 is 15.1 Å². The summed E-state index contributed by atoms with van der Waals surface area (Å²) in [6.45, 7) is 5.69. The summed E-state index contributed by atoms with van der Waals surface area (Å²) in [5.74, 6) is -0.0400. The van der Waals surface area contributed by atoms with Crippen LogP contribution in [0.5, 0.6) is 0 Å². The number of quaternary nitrogens is 1. The number of carbonyl (C=O) groups is 2. The SMILES string of the molecule is CC(=O)N[C@H](CC(=O)N1CC[NH+](Cc2cccc(Cl)c2)CC1)c1ccccc1. The highest BCUT2D eigenvalue weighted by Crippen LogP contribution is 2.18. The highest BCUT2D eigenvalue weighted by Gasteiger charge is 2.26. The molecule has 0 saturated carbocycles. The maximum absolute atomic E-state index is 12.8. The average molecular weight is 401 g/mol. The molecule has 2 aromatic carbocycles. The highest BCUT2D eigenvalue weighted by molar-refractivity contribution is 6.30. The predicted octanol–water partition coefficient (Wildman–Crippen LogP) is 1.83. The van der Waals surface area contributed by atoms with Gasteiger partial charge >= 0.3 is 0 Å². The first-order valence-corrected chi connectivity index (χ1v) is 10.1. The molecule has 1 heterocycles. The molecule has 0 unspecified atom stereocenters. The van der Waals surface area contributed by atoms with Gasteiger partial charge in [0, 0.05) is 17.5 Å². The summed E-state index contributed by atoms with van der Waals surface area (Å²) < 4.78 is 0. The Morgan fingerprint density at radius 1 is 1.11 bits per heavy atom. The first-order valence-electron chi connectivity index (χ1n) is 9.69. The van der Waals surface area contributed by atoms with Crippen LogP contribution in [0, 0.1) is 0 Å². The Morgan fingerprint density at radius 2 is 1.82 bits per heavy atom. The van der Waals surface area contributed by atoms with Crippen LogP contribution < -0.4 is 10.2 Å². The quantitative estimate of drug-likeness (QED) is 0.777. The zero-order chi connectivity index (χ0) is 19.9. The Morgan fingerprint density at radius 3 is 2.46 bits per heavy atom. The van der Waals surface area contributed by atoms with Crippen molar-refractivity contribution in [2.75, 3.05) is 26.2 Å². The maximum atomic E-state index is 12.8. The van der Waals surface area contributed by atoms with Gasteiger partial charge in [-0.2, -0.15) is 0 Å². The Kier molecular flexibility index (Phi) is 7.06. The van der Waals surface area contributed by atoms with Gasteiger partial charge in [-0.25, -0.2) is 0 Å². The molecule has 0 aromatic heterocycles. The van der Waals surface area contributed by atoms with Crippen molar-refractivity contribution in [2.45, 2.75) is 25.9 Å². The summed E-state index contributed by atoms with van der Waals surface area (Å²) in [5, 5.41) is 3.67. The van der Waals surface area contributed by atoms with E-state index in [9.17, 15) is 9.59 Å². The molecule has 1 fully saturated rings. The van der Waals surface area contributed by atoms with E-state index in [4.69, 9.17) is 11.6 Å². The summed E-state index contributed by atoms with van der Waals surface area (Å²) in [6.07, 6.45) is 0.285. The standard InChI is InChI=1S/C22H26ClN3O2/c1-17(27)24-21(19-7-3-2-4-8-19)15-22(28)26-12-10-25(11-13-26)16-18-6-5-9-20(23)14-18/h2-9,14,21H,10-13,15-16H2,1H3,(H,24,27)/p+1/t21-/m1/s1. The van der Waals surface area contributed by atoms with Gasteiger partial charge in [-0.15, -0.1) is 0 Å². The highest BCUT2D eigenvalue weighted by atomic mass is 35.5. The number of hydrogen-bond acceptors (Lipinski definition) is 2. The van der Waals surface area contributed by atoms with Crippen molar-refractivity contribution in [2.24, 2.45) is 0 Å². The molecule has 1 aliphatic heterocycles. The summed E-state index contributed by atoms with van der Waals surface area (Å²) in [6, 6.07) is 17.3. The molecule has 0 radical (unpaired) electrons. The summed E-state index contributed by atoms with van der Waals surface area (Å²) in [5.41, 5.74) is 2.17. The van der Waals surface area contributed by atoms with Gasteiger partial charge in [-0.05, 0) is 17.7 Å². The van der Waals surface area contributed by atoms with Crippen LogP contribution in [-0.4, -0.2) is 42.9 Å². The molecule has 2 amide bonds. The number of nitrogens with zero attached hydrogens (tertiary/aromatic N) is 1. The second kappa shape index (κ2) is 9.71. The maximum Gasteiger partial charge on any atom is 0.225 e. The van der Waals surface area contributed by atoms with Crippen LogP contribution >= 0.6 is 11.6 Å². The topological polar surface area (TPSA) is 53.9 Å². The summed E-state index contributed by atoms with van der Waals surface area (Å²) in [4.78, 5) is 27.8. The van der Waals surface area contributed by atoms with E-state index in [1.807, 2.05) is 53.4 Å². The molecule has 2 N–H and O–H groups in total. The van der Waals surface area contributed by atoms with Crippen molar-refractivity contribution in [3.63, 3.8) is 0 Å². The lowest BCUT2D eigenvalue weighted by molar-refractivity contribution is -0.917. The fourth-order valence-electron chi connectivity index (χ4n) is 3.67. The number of hydrogen-bond donors (Lipinski definition) is 2. The number of carbonyl (C=O) groups excluding carboxylic acids is 2. The van der Waals surface area contributed by atoms with Crippen LogP contribution in [0.25, 0.3) is 0 Å². The van der Waals surface area contributed by atoms with Gasteiger partial charge in [0.2, 0.25) is 11.8 Å². The van der Waals surface area contributed by atoms with Crippen LogP contribution in [0.15, 0.2) is 54.6 Å². The fourth-order valence-corrected chi connectivity index (χ4v) is 3.88. The summed E-state index contributed by atoms with van der Waals surface area (Å²) >= 11 is 6.07. The van der Waals surface area contributed by atoms with Crippen molar-refractivity contribution in [1.82, 2.24) is 10.2 Å². The van der Waals surface area contributed by atoms with Crippen molar-refractivity contribution >= 4 is 23.4 Å². The van der Waals surface area contributed by atoms with Gasteiger partial charge in [0.05, 0.1) is 38.6 Å². The van der Waals surface area contributed by atoms with Crippen LogP contribution in [0.2, 0.25) is 5.02 Å². The first-order chi connectivity index (χ1) is 13.5. The molecule has 148 valence electrons. The van der Waals surface area contributed by atoms with E-state index in [2.05, 4.69) is 11.4 Å². The second-order valence-electron chi connectivity index (χ2n) is 7.31. The van der Waals surface area contributed by atoms with Gasteiger partial charge in [0.25, 0.3) is 0 Å². The third kappa shape index (κ3) is 5.81. The van der Waals surface area contributed by atoms with E-state index in [1.165, 1.54) is 17.4 Å². The molecule has 6 heteroatoms. The molecular weight excluding hydrogens is 374 g/mol. The molecule has 1 aliphatic rings. The smallest absolute Gasteiger partial charge is 0.225 e. The van der Waals surface area contributed by atoms with Crippen LogP contribution in [0.1, 0.15) is 30.5 Å². The Labute approximate surface area is 171 Å². The molecule has 3 rings (SSSR count). The minimum absolute atomic E-state index is 0.0874. The lowest BCUT2D eigenvalue weighted by atomic mass is 10.0. The molecule has 0 aliphatic carbocycles. The van der Waals surface area contributed by atoms with E-state index in [0.717, 1.165) is 43.3 Å². The normalized spacial score (nSPS) is 15.9. The molecule has 0 bridgehead atoms.